The minimum Gasteiger partial charge on any atom is -0.383 e. The zero-order chi connectivity index (χ0) is 28.6. The number of anilines is 3. The van der Waals surface area contributed by atoms with Gasteiger partial charge < -0.3 is 26.6 Å². The summed E-state index contributed by atoms with van der Waals surface area (Å²) in [5.41, 5.74) is 9.03. The number of nitrogens with two attached hydrogens (primary N) is 1. The van der Waals surface area contributed by atoms with E-state index in [9.17, 15) is 14.9 Å². The highest BCUT2D eigenvalue weighted by molar-refractivity contribution is 7.99. The molecule has 1 amide bonds. The first-order valence-electron chi connectivity index (χ1n) is 13.1. The second-order valence-corrected chi connectivity index (χ2v) is 10.2. The molecular weight excluding hydrogens is 526 g/mol. The number of aromatic nitrogens is 3. The van der Waals surface area contributed by atoms with Crippen LogP contribution in [0.3, 0.4) is 0 Å². The summed E-state index contributed by atoms with van der Waals surface area (Å²) in [4.78, 5) is 38.8. The van der Waals surface area contributed by atoms with Crippen molar-refractivity contribution in [2.45, 2.75) is 24.2 Å². The van der Waals surface area contributed by atoms with E-state index in [-0.39, 0.29) is 0 Å². The summed E-state index contributed by atoms with van der Waals surface area (Å²) >= 11 is 1.67. The first-order valence-corrected chi connectivity index (χ1v) is 14.0. The Kier molecular flexibility index (Phi) is 12.8. The summed E-state index contributed by atoms with van der Waals surface area (Å²) < 4.78 is 0. The van der Waals surface area contributed by atoms with Crippen molar-refractivity contribution in [3.8, 4) is 6.07 Å². The van der Waals surface area contributed by atoms with Gasteiger partial charge in [0.25, 0.3) is 0 Å². The highest BCUT2D eigenvalue weighted by atomic mass is 32.2. The predicted molar refractivity (Wildman–Crippen MR) is 158 cm³/mol. The van der Waals surface area contributed by atoms with E-state index in [1.807, 2.05) is 31.4 Å². The number of hydrogen-bond donors (Lipinski definition) is 4. The third kappa shape index (κ3) is 9.60. The zero-order valence-electron chi connectivity index (χ0n) is 22.6. The third-order valence-corrected chi connectivity index (χ3v) is 7.03. The number of aryl methyl sites for hydroxylation is 1. The van der Waals surface area contributed by atoms with Gasteiger partial charge in [-0.1, -0.05) is 0 Å². The topological polar surface area (TPSA) is 162 Å². The van der Waals surface area contributed by atoms with Crippen molar-refractivity contribution in [3.05, 3.63) is 65.2 Å². The van der Waals surface area contributed by atoms with Crippen LogP contribution < -0.4 is 21.7 Å². The van der Waals surface area contributed by atoms with Crippen LogP contribution in [0.1, 0.15) is 33.6 Å². The number of carbonyl (C=O) groups excluding carboxylic acids is 2. The Labute approximate surface area is 239 Å². The lowest BCUT2D eigenvalue weighted by molar-refractivity contribution is -0.109. The standard InChI is InChI=1S/C28H35N9O2S/c1-37(12-9-32-20-39)11-6-21-14-22(4-2-7-29)28(35-26(21)19-38)36-27-15-25(23(16-30)17-34-27)33-10-13-40-24-5-3-8-31-18-24/h3,5,8,14-15,17-20H,2,4,6-7,9-13,29H2,1H3,(H,32,39)(H2,33,34,35,36). The van der Waals surface area contributed by atoms with E-state index in [0.717, 1.165) is 34.5 Å². The fourth-order valence-electron chi connectivity index (χ4n) is 3.92. The molecule has 3 heterocycles. The van der Waals surface area contributed by atoms with E-state index in [1.165, 1.54) is 6.20 Å². The van der Waals surface area contributed by atoms with Gasteiger partial charge in [-0.25, -0.2) is 9.97 Å². The van der Waals surface area contributed by atoms with Crippen molar-refractivity contribution in [1.82, 2.24) is 25.2 Å². The molecule has 3 aromatic rings. The highest BCUT2D eigenvalue weighted by Gasteiger charge is 2.14. The molecule has 210 valence electrons. The van der Waals surface area contributed by atoms with Crippen LogP contribution in [0.4, 0.5) is 17.3 Å². The largest absolute Gasteiger partial charge is 0.383 e. The number of hydrogen-bond acceptors (Lipinski definition) is 11. The molecule has 0 fully saturated rings. The maximum absolute atomic E-state index is 12.0. The van der Waals surface area contributed by atoms with Gasteiger partial charge in [-0.05, 0) is 62.2 Å². The number of likely N-dealkylation sites (N-methyl/N-ethyl adjacent to an activating group) is 1. The molecule has 0 radical (unpaired) electrons. The lowest BCUT2D eigenvalue weighted by Crippen LogP contribution is -2.30. The molecular formula is C28H35N9O2S. The van der Waals surface area contributed by atoms with Gasteiger partial charge in [0.15, 0.2) is 6.29 Å². The van der Waals surface area contributed by atoms with Gasteiger partial charge in [-0.2, -0.15) is 5.26 Å². The van der Waals surface area contributed by atoms with Crippen LogP contribution in [-0.4, -0.2) is 78.1 Å². The zero-order valence-corrected chi connectivity index (χ0v) is 23.4. The van der Waals surface area contributed by atoms with E-state index < -0.39 is 0 Å². The molecule has 3 aromatic heterocycles. The average Bonchev–Trinajstić information content (AvgIpc) is 2.98. The van der Waals surface area contributed by atoms with Gasteiger partial charge in [0.2, 0.25) is 6.41 Å². The molecule has 0 saturated carbocycles. The number of amides is 1. The number of nitrogens with zero attached hydrogens (tertiary/aromatic N) is 5. The Morgan fingerprint density at radius 2 is 2.02 bits per heavy atom. The van der Waals surface area contributed by atoms with Crippen molar-refractivity contribution >= 4 is 41.8 Å². The van der Waals surface area contributed by atoms with Crippen molar-refractivity contribution in [2.75, 3.05) is 56.2 Å². The molecule has 0 aromatic carbocycles. The maximum Gasteiger partial charge on any atom is 0.207 e. The van der Waals surface area contributed by atoms with Gasteiger partial charge in [0, 0.05) is 61.5 Å². The molecule has 0 aliphatic rings. The maximum atomic E-state index is 12.0. The van der Waals surface area contributed by atoms with E-state index in [0.29, 0.717) is 80.6 Å². The Morgan fingerprint density at radius 3 is 2.75 bits per heavy atom. The van der Waals surface area contributed by atoms with Crippen molar-refractivity contribution < 1.29 is 9.59 Å². The van der Waals surface area contributed by atoms with Crippen LogP contribution in [0, 0.1) is 11.3 Å². The van der Waals surface area contributed by atoms with Crippen LogP contribution in [0.2, 0.25) is 0 Å². The minimum atomic E-state index is 0.359. The molecule has 5 N–H and O–H groups in total. The number of nitriles is 1. The van der Waals surface area contributed by atoms with Gasteiger partial charge in [0.05, 0.1) is 11.3 Å². The molecule has 0 aliphatic carbocycles. The van der Waals surface area contributed by atoms with Crippen molar-refractivity contribution in [2.24, 2.45) is 5.73 Å². The number of carbonyl (C=O) groups is 2. The van der Waals surface area contributed by atoms with Crippen LogP contribution in [0.5, 0.6) is 0 Å². The van der Waals surface area contributed by atoms with Crippen LogP contribution in [0.15, 0.2) is 47.8 Å². The first-order chi connectivity index (χ1) is 19.6. The molecule has 40 heavy (non-hydrogen) atoms. The summed E-state index contributed by atoms with van der Waals surface area (Å²) in [6, 6.07) is 9.87. The van der Waals surface area contributed by atoms with Crippen molar-refractivity contribution in [1.29, 1.82) is 5.26 Å². The number of nitrogens with one attached hydrogen (secondary N) is 3. The number of thioether (sulfide) groups is 1. The first kappa shape index (κ1) is 30.5. The Morgan fingerprint density at radius 1 is 1.15 bits per heavy atom. The van der Waals surface area contributed by atoms with Gasteiger partial charge in [0.1, 0.15) is 23.4 Å². The van der Waals surface area contributed by atoms with Gasteiger partial charge in [-0.15, -0.1) is 11.8 Å². The molecule has 0 unspecified atom stereocenters. The number of aldehydes is 1. The minimum absolute atomic E-state index is 0.359. The molecule has 0 saturated heterocycles. The molecule has 3 rings (SSSR count). The summed E-state index contributed by atoms with van der Waals surface area (Å²) in [7, 11) is 1.96. The molecule has 0 atom stereocenters. The van der Waals surface area contributed by atoms with E-state index in [4.69, 9.17) is 5.73 Å². The second-order valence-electron chi connectivity index (χ2n) is 8.99. The monoisotopic (exact) mass is 561 g/mol. The van der Waals surface area contributed by atoms with Crippen LogP contribution >= 0.6 is 11.8 Å². The van der Waals surface area contributed by atoms with Crippen molar-refractivity contribution in [3.63, 3.8) is 0 Å². The average molecular weight is 562 g/mol. The second kappa shape index (κ2) is 16.8. The lowest BCUT2D eigenvalue weighted by Gasteiger charge is -2.18. The number of rotatable bonds is 18. The summed E-state index contributed by atoms with van der Waals surface area (Å²) in [6.07, 6.45) is 8.60. The van der Waals surface area contributed by atoms with E-state index in [2.05, 4.69) is 41.9 Å². The molecule has 0 aliphatic heterocycles. The lowest BCUT2D eigenvalue weighted by atomic mass is 10.0. The van der Waals surface area contributed by atoms with Gasteiger partial charge >= 0.3 is 0 Å². The Bertz CT molecular complexity index is 1280. The SMILES string of the molecule is CN(CCNC=O)CCc1cc(CCCN)c(Nc2cc(NCCSc3cccnc3)c(C#N)cn2)nc1C=O. The smallest absolute Gasteiger partial charge is 0.207 e. The fraction of sp³-hybridized carbons (Fsp3) is 0.357. The van der Waals surface area contributed by atoms with Crippen LogP contribution in [-0.2, 0) is 17.6 Å². The highest BCUT2D eigenvalue weighted by Crippen LogP contribution is 2.25. The normalized spacial score (nSPS) is 10.7. The van der Waals surface area contributed by atoms with E-state index >= 15 is 0 Å². The quantitative estimate of drug-likeness (QED) is 0.103. The Hall–Kier alpha value is -4.05. The summed E-state index contributed by atoms with van der Waals surface area (Å²) in [5.74, 6) is 1.84. The molecule has 0 bridgehead atoms. The van der Waals surface area contributed by atoms with Gasteiger partial charge in [-0.3, -0.25) is 14.6 Å². The van der Waals surface area contributed by atoms with E-state index in [1.54, 1.807) is 24.0 Å². The predicted octanol–water partition coefficient (Wildman–Crippen LogP) is 2.62. The summed E-state index contributed by atoms with van der Waals surface area (Å²) in [6.45, 7) is 3.13. The molecule has 0 spiro atoms. The molecule has 11 nitrogen and oxygen atoms in total. The summed E-state index contributed by atoms with van der Waals surface area (Å²) in [5, 5.41) is 18.8. The third-order valence-electron chi connectivity index (χ3n) is 6.05. The number of pyridine rings is 3. The molecule has 12 heteroatoms. The van der Waals surface area contributed by atoms with Crippen LogP contribution in [0.25, 0.3) is 0 Å². The fourth-order valence-corrected chi connectivity index (χ4v) is 4.67. The Balaban J connectivity index is 1.74.